The van der Waals surface area contributed by atoms with Crippen molar-refractivity contribution in [3.63, 3.8) is 0 Å². The monoisotopic (exact) mass is 468 g/mol. The van der Waals surface area contributed by atoms with E-state index in [0.29, 0.717) is 6.42 Å². The second kappa shape index (κ2) is 13.7. The number of rotatable bonds is 12. The van der Waals surface area contributed by atoms with Crippen LogP contribution in [0.3, 0.4) is 0 Å². The van der Waals surface area contributed by atoms with E-state index in [-0.39, 0.29) is 45.7 Å². The van der Waals surface area contributed by atoms with Gasteiger partial charge in [-0.3, -0.25) is 4.55 Å². The molecule has 0 saturated heterocycles. The molecule has 0 unspecified atom stereocenters. The fourth-order valence-electron chi connectivity index (χ4n) is 2.76. The molecule has 0 spiro atoms. The van der Waals surface area contributed by atoms with Crippen LogP contribution >= 0.6 is 0 Å². The predicted octanol–water partition coefficient (Wildman–Crippen LogP) is 5.40. The van der Waals surface area contributed by atoms with Gasteiger partial charge in [-0.2, -0.15) is 8.42 Å². The summed E-state index contributed by atoms with van der Waals surface area (Å²) in [6.07, 6.45) is 13.3. The number of unbranched alkanes of at least 4 members (excludes halogenated alkanes) is 9. The molecule has 1 N–H and O–H groups in total. The average molecular weight is 471 g/mol. The molecule has 0 aliphatic heterocycles. The van der Waals surface area contributed by atoms with Crippen LogP contribution in [-0.4, -0.2) is 13.0 Å². The van der Waals surface area contributed by atoms with Crippen molar-refractivity contribution in [2.45, 2.75) is 82.4 Å². The summed E-state index contributed by atoms with van der Waals surface area (Å²) in [6, 6.07) is 6.73. The van der Waals surface area contributed by atoms with E-state index in [1.807, 2.05) is 6.07 Å². The summed E-state index contributed by atoms with van der Waals surface area (Å²) in [5, 5.41) is 0. The molecule has 1 rings (SSSR count). The van der Waals surface area contributed by atoms with Gasteiger partial charge in [0.25, 0.3) is 10.1 Å². The minimum absolute atomic E-state index is 0. The van der Waals surface area contributed by atoms with Gasteiger partial charge in [0.1, 0.15) is 0 Å². The van der Waals surface area contributed by atoms with Crippen molar-refractivity contribution in [1.29, 1.82) is 0 Å². The van der Waals surface area contributed by atoms with Crippen LogP contribution in [0.5, 0.6) is 0 Å². The van der Waals surface area contributed by atoms with E-state index in [1.54, 1.807) is 12.1 Å². The van der Waals surface area contributed by atoms with E-state index < -0.39 is 10.1 Å². The summed E-state index contributed by atoms with van der Waals surface area (Å²) in [5.74, 6) is 0. The van der Waals surface area contributed by atoms with Gasteiger partial charge in [-0.25, -0.2) is 0 Å². The van der Waals surface area contributed by atoms with Crippen LogP contribution in [0.2, 0.25) is 0 Å². The number of aryl methyl sites for hydroxylation is 1. The second-order valence-corrected chi connectivity index (χ2v) is 7.40. The van der Waals surface area contributed by atoms with E-state index in [1.165, 1.54) is 57.4 Å². The minimum atomic E-state index is -4.10. The van der Waals surface area contributed by atoms with Crippen molar-refractivity contribution in [2.75, 3.05) is 0 Å². The van der Waals surface area contributed by atoms with Crippen molar-refractivity contribution in [3.05, 3.63) is 29.8 Å². The Labute approximate surface area is 174 Å². The normalized spacial score (nSPS) is 11.2. The largest absolute Gasteiger partial charge is 0.294 e. The zero-order valence-electron chi connectivity index (χ0n) is 14.3. The average Bonchev–Trinajstić information content (AvgIpc) is 2.48. The fourth-order valence-corrected chi connectivity index (χ4v) is 3.52. The molecule has 0 bridgehead atoms. The second-order valence-electron chi connectivity index (χ2n) is 6.01. The number of hydrogen-bond acceptors (Lipinski definition) is 2. The van der Waals surface area contributed by atoms with Crippen molar-refractivity contribution >= 4 is 10.1 Å². The van der Waals surface area contributed by atoms with E-state index in [4.69, 9.17) is 0 Å². The summed E-state index contributed by atoms with van der Waals surface area (Å²) in [5.41, 5.74) is 0.726. The molecule has 0 aliphatic carbocycles. The Morgan fingerprint density at radius 2 is 1.30 bits per heavy atom. The van der Waals surface area contributed by atoms with E-state index in [9.17, 15) is 13.0 Å². The van der Waals surface area contributed by atoms with E-state index >= 15 is 0 Å². The summed E-state index contributed by atoms with van der Waals surface area (Å²) in [7, 11) is -4.10. The van der Waals surface area contributed by atoms with Gasteiger partial charge in [-0.15, -0.1) is 0 Å². The van der Waals surface area contributed by atoms with Crippen LogP contribution in [0.1, 0.15) is 76.7 Å². The Kier molecular flexibility index (Phi) is 14.0. The smallest absolute Gasteiger partial charge is 0.282 e. The third-order valence-electron chi connectivity index (χ3n) is 4.05. The topological polar surface area (TPSA) is 54.4 Å². The maximum atomic E-state index is 11.3. The fraction of sp³-hybridized carbons (Fsp3) is 0.667. The zero-order chi connectivity index (χ0) is 16.3. The molecule has 0 aliphatic rings. The molecule has 0 radical (unpaired) electrons. The van der Waals surface area contributed by atoms with Gasteiger partial charge in [0, 0.05) is 40.8 Å². The standard InChI is InChI=1S/C18H30O3S.Nd/c1-2-3-4-5-6-7-8-9-10-11-14-17-15-12-13-16-18(17)22(19,20)21;/h12-13,15-16H,2-11,14H2,1H3,(H,19,20,21);. The summed E-state index contributed by atoms with van der Waals surface area (Å²) in [4.78, 5) is 0.0610. The molecule has 0 saturated carbocycles. The van der Waals surface area contributed by atoms with Crippen molar-refractivity contribution in [3.8, 4) is 0 Å². The molecule has 5 heteroatoms. The van der Waals surface area contributed by atoms with Gasteiger partial charge in [0.15, 0.2) is 0 Å². The molecular weight excluding hydrogens is 441 g/mol. The molecule has 0 amide bonds. The first-order chi connectivity index (χ1) is 10.6. The van der Waals surface area contributed by atoms with Gasteiger partial charge < -0.3 is 0 Å². The van der Waals surface area contributed by atoms with Gasteiger partial charge in [0.05, 0.1) is 4.90 Å². The third kappa shape index (κ3) is 10.8. The Hall–Kier alpha value is 0.481. The molecule has 0 atom stereocenters. The van der Waals surface area contributed by atoms with Crippen LogP contribution in [-0.2, 0) is 16.5 Å². The van der Waals surface area contributed by atoms with Gasteiger partial charge in [-0.1, -0.05) is 82.9 Å². The van der Waals surface area contributed by atoms with Crippen molar-refractivity contribution < 1.29 is 53.8 Å². The Morgan fingerprint density at radius 1 is 0.826 bits per heavy atom. The van der Waals surface area contributed by atoms with Crippen molar-refractivity contribution in [2.24, 2.45) is 0 Å². The first kappa shape index (κ1) is 23.5. The predicted molar refractivity (Wildman–Crippen MR) is 91.8 cm³/mol. The number of hydrogen-bond donors (Lipinski definition) is 1. The Balaban J connectivity index is 0.00000484. The molecule has 130 valence electrons. The summed E-state index contributed by atoms with van der Waals surface area (Å²) < 4.78 is 31.8. The zero-order valence-corrected chi connectivity index (χ0v) is 18.3. The van der Waals surface area contributed by atoms with E-state index in [0.717, 1.165) is 18.4 Å². The molecule has 0 fully saturated rings. The Bertz CT molecular complexity index is 515. The molecular formula is C18H30NdO3S. The van der Waals surface area contributed by atoms with Crippen LogP contribution < -0.4 is 0 Å². The van der Waals surface area contributed by atoms with Crippen LogP contribution in [0.4, 0.5) is 0 Å². The van der Waals surface area contributed by atoms with Crippen molar-refractivity contribution in [1.82, 2.24) is 0 Å². The van der Waals surface area contributed by atoms with Gasteiger partial charge in [0.2, 0.25) is 0 Å². The van der Waals surface area contributed by atoms with Crippen LogP contribution in [0.25, 0.3) is 0 Å². The van der Waals surface area contributed by atoms with Crippen LogP contribution in [0, 0.1) is 40.8 Å². The maximum Gasteiger partial charge on any atom is 0.294 e. The first-order valence-corrected chi connectivity index (χ1v) is 10.0. The third-order valence-corrected chi connectivity index (χ3v) is 5.00. The van der Waals surface area contributed by atoms with E-state index in [2.05, 4.69) is 6.92 Å². The summed E-state index contributed by atoms with van der Waals surface area (Å²) in [6.45, 7) is 2.24. The molecule has 0 heterocycles. The van der Waals surface area contributed by atoms with Gasteiger partial charge >= 0.3 is 0 Å². The number of benzene rings is 1. The molecule has 0 aromatic heterocycles. The minimum Gasteiger partial charge on any atom is -0.282 e. The van der Waals surface area contributed by atoms with Crippen LogP contribution in [0.15, 0.2) is 29.2 Å². The molecule has 1 aromatic rings. The molecule has 23 heavy (non-hydrogen) atoms. The molecule has 3 nitrogen and oxygen atoms in total. The SMILES string of the molecule is CCCCCCCCCCCCc1ccccc1S(=O)(=O)O.[Nd]. The molecule has 1 aromatic carbocycles. The quantitative estimate of drug-likeness (QED) is 0.329. The maximum absolute atomic E-state index is 11.3. The summed E-state index contributed by atoms with van der Waals surface area (Å²) >= 11 is 0. The first-order valence-electron chi connectivity index (χ1n) is 8.61. The Morgan fingerprint density at radius 3 is 1.83 bits per heavy atom. The van der Waals surface area contributed by atoms with Gasteiger partial charge in [-0.05, 0) is 24.5 Å².